The molecule has 0 aromatic carbocycles. The van der Waals surface area contributed by atoms with Crippen molar-refractivity contribution < 1.29 is 14.7 Å². The molecule has 1 aliphatic carbocycles. The molecule has 20 heavy (non-hydrogen) atoms. The third kappa shape index (κ3) is 4.19. The number of nitrogens with zero attached hydrogens (tertiary/aromatic N) is 4. The molecule has 0 spiro atoms. The van der Waals surface area contributed by atoms with Gasteiger partial charge in [-0.15, -0.1) is 5.10 Å². The van der Waals surface area contributed by atoms with E-state index in [1.807, 2.05) is 4.68 Å². The van der Waals surface area contributed by atoms with Gasteiger partial charge in [-0.05, 0) is 35.4 Å². The average Bonchev–Trinajstić information content (AvgIpc) is 3.12. The van der Waals surface area contributed by atoms with Gasteiger partial charge >= 0.3 is 5.97 Å². The topological polar surface area (TPSA) is 110 Å². The van der Waals surface area contributed by atoms with Crippen LogP contribution in [0.3, 0.4) is 0 Å². The van der Waals surface area contributed by atoms with Crippen molar-refractivity contribution in [1.29, 1.82) is 0 Å². The monoisotopic (exact) mass is 299 g/mol. The van der Waals surface area contributed by atoms with Gasteiger partial charge in [-0.3, -0.25) is 4.79 Å². The predicted octanol–water partition coefficient (Wildman–Crippen LogP) is 0.221. The van der Waals surface area contributed by atoms with Gasteiger partial charge in [0.25, 0.3) is 0 Å². The molecule has 2 N–H and O–H groups in total. The summed E-state index contributed by atoms with van der Waals surface area (Å²) in [5, 5.41) is 23.0. The van der Waals surface area contributed by atoms with Gasteiger partial charge in [-0.2, -0.15) is 11.8 Å². The van der Waals surface area contributed by atoms with Crippen LogP contribution in [0.25, 0.3) is 0 Å². The number of rotatable bonds is 8. The number of carboxylic acids is 1. The Kier molecular flexibility index (Phi) is 4.94. The van der Waals surface area contributed by atoms with Crippen LogP contribution >= 0.6 is 11.8 Å². The molecule has 1 aliphatic rings. The van der Waals surface area contributed by atoms with Gasteiger partial charge in [0.15, 0.2) is 5.82 Å². The van der Waals surface area contributed by atoms with Crippen LogP contribution in [0.4, 0.5) is 0 Å². The number of aliphatic carboxylic acids is 1. The fraction of sp³-hybridized carbons (Fsp3) is 0.727. The second kappa shape index (κ2) is 6.69. The summed E-state index contributed by atoms with van der Waals surface area (Å²) in [7, 11) is 0. The first-order chi connectivity index (χ1) is 9.58. The molecule has 1 aromatic rings. The number of nitrogens with one attached hydrogen (secondary N) is 1. The molecule has 1 amide bonds. The molecule has 1 saturated carbocycles. The minimum absolute atomic E-state index is 0.333. The molecule has 1 fully saturated rings. The van der Waals surface area contributed by atoms with Gasteiger partial charge < -0.3 is 10.4 Å². The van der Waals surface area contributed by atoms with Crippen molar-refractivity contribution in [2.45, 2.75) is 44.0 Å². The van der Waals surface area contributed by atoms with Crippen LogP contribution in [0.15, 0.2) is 0 Å². The van der Waals surface area contributed by atoms with Crippen LogP contribution in [0.5, 0.6) is 0 Å². The largest absolute Gasteiger partial charge is 0.480 e. The van der Waals surface area contributed by atoms with E-state index in [1.165, 1.54) is 6.92 Å². The standard InChI is InChI=1S/C11H17N5O3S/c1-7(17)12-9(11(18)19)4-5-20-6-10-13-14-15-16(10)8-2-3-8/h8-9H,2-6H2,1H3,(H,12,17)(H,18,19). The van der Waals surface area contributed by atoms with Crippen molar-refractivity contribution >= 4 is 23.6 Å². The zero-order valence-electron chi connectivity index (χ0n) is 11.2. The Hall–Kier alpha value is -1.64. The quantitative estimate of drug-likeness (QED) is 0.661. The summed E-state index contributed by atoms with van der Waals surface area (Å²) in [4.78, 5) is 21.8. The van der Waals surface area contributed by atoms with Crippen molar-refractivity contribution in [3.63, 3.8) is 0 Å². The second-order valence-corrected chi connectivity index (χ2v) is 5.81. The highest BCUT2D eigenvalue weighted by Gasteiger charge is 2.27. The fourth-order valence-corrected chi connectivity index (χ4v) is 2.70. The first-order valence-corrected chi connectivity index (χ1v) is 7.57. The van der Waals surface area contributed by atoms with E-state index in [9.17, 15) is 9.59 Å². The maximum Gasteiger partial charge on any atom is 0.326 e. The van der Waals surface area contributed by atoms with Crippen molar-refractivity contribution in [2.24, 2.45) is 0 Å². The van der Waals surface area contributed by atoms with E-state index < -0.39 is 12.0 Å². The molecule has 1 atom stereocenters. The molecular formula is C11H17N5O3S. The molecule has 8 nitrogen and oxygen atoms in total. The Morgan fingerprint density at radius 2 is 2.30 bits per heavy atom. The highest BCUT2D eigenvalue weighted by molar-refractivity contribution is 7.98. The molecule has 1 heterocycles. The Labute approximate surface area is 120 Å². The number of carbonyl (C=O) groups excluding carboxylic acids is 1. The smallest absolute Gasteiger partial charge is 0.326 e. The number of hydrogen-bond donors (Lipinski definition) is 2. The van der Waals surface area contributed by atoms with Crippen molar-refractivity contribution in [3.8, 4) is 0 Å². The molecule has 0 aliphatic heterocycles. The lowest BCUT2D eigenvalue weighted by Gasteiger charge is -2.12. The zero-order valence-corrected chi connectivity index (χ0v) is 12.0. The van der Waals surface area contributed by atoms with Crippen molar-refractivity contribution in [1.82, 2.24) is 25.5 Å². The summed E-state index contributed by atoms with van der Waals surface area (Å²) in [5.74, 6) is 0.748. The van der Waals surface area contributed by atoms with Gasteiger partial charge in [-0.1, -0.05) is 0 Å². The second-order valence-electron chi connectivity index (χ2n) is 4.70. The third-order valence-electron chi connectivity index (χ3n) is 2.91. The predicted molar refractivity (Wildman–Crippen MR) is 72.1 cm³/mol. The Balaban J connectivity index is 1.73. The minimum Gasteiger partial charge on any atom is -0.480 e. The van der Waals surface area contributed by atoms with Gasteiger partial charge in [0.2, 0.25) is 5.91 Å². The average molecular weight is 299 g/mol. The Morgan fingerprint density at radius 1 is 1.55 bits per heavy atom. The molecule has 1 unspecified atom stereocenters. The van der Waals surface area contributed by atoms with Crippen LogP contribution in [-0.2, 0) is 15.3 Å². The number of carbonyl (C=O) groups is 2. The van der Waals surface area contributed by atoms with Crippen LogP contribution in [0.2, 0.25) is 0 Å². The number of carboxylic acid groups (broad SMARTS) is 1. The summed E-state index contributed by atoms with van der Waals surface area (Å²) in [6, 6.07) is -0.397. The van der Waals surface area contributed by atoms with Gasteiger partial charge in [-0.25, -0.2) is 9.48 Å². The number of amides is 1. The lowest BCUT2D eigenvalue weighted by molar-refractivity contribution is -0.141. The van der Waals surface area contributed by atoms with E-state index in [-0.39, 0.29) is 5.91 Å². The summed E-state index contributed by atoms with van der Waals surface area (Å²) in [6.07, 6.45) is 2.61. The Morgan fingerprint density at radius 3 is 2.90 bits per heavy atom. The maximum absolute atomic E-state index is 10.9. The number of tetrazole rings is 1. The highest BCUT2D eigenvalue weighted by atomic mass is 32.2. The summed E-state index contributed by atoms with van der Waals surface area (Å²) in [5.41, 5.74) is 0. The SMILES string of the molecule is CC(=O)NC(CCSCc1nnnn1C1CC1)C(=O)O. The molecule has 9 heteroatoms. The first kappa shape index (κ1) is 14.8. The number of hydrogen-bond acceptors (Lipinski definition) is 6. The molecule has 0 bridgehead atoms. The lowest BCUT2D eigenvalue weighted by atomic mass is 10.2. The van der Waals surface area contributed by atoms with E-state index in [0.29, 0.717) is 24.0 Å². The fourth-order valence-electron chi connectivity index (χ4n) is 1.78. The summed E-state index contributed by atoms with van der Waals surface area (Å²) in [6.45, 7) is 1.31. The molecular weight excluding hydrogens is 282 g/mol. The van der Waals surface area contributed by atoms with E-state index >= 15 is 0 Å². The molecule has 0 radical (unpaired) electrons. The summed E-state index contributed by atoms with van der Waals surface area (Å²) < 4.78 is 1.84. The maximum atomic E-state index is 10.9. The molecule has 1 aromatic heterocycles. The van der Waals surface area contributed by atoms with Crippen LogP contribution < -0.4 is 5.32 Å². The molecule has 2 rings (SSSR count). The van der Waals surface area contributed by atoms with Crippen LogP contribution in [-0.4, -0.2) is 49.0 Å². The van der Waals surface area contributed by atoms with E-state index in [0.717, 1.165) is 18.7 Å². The molecule has 0 saturated heterocycles. The lowest BCUT2D eigenvalue weighted by Crippen LogP contribution is -2.39. The number of aromatic nitrogens is 4. The first-order valence-electron chi connectivity index (χ1n) is 6.42. The zero-order chi connectivity index (χ0) is 14.5. The van der Waals surface area contributed by atoms with E-state index in [4.69, 9.17) is 5.11 Å². The van der Waals surface area contributed by atoms with Gasteiger partial charge in [0, 0.05) is 6.92 Å². The van der Waals surface area contributed by atoms with Gasteiger partial charge in [0.1, 0.15) is 6.04 Å². The van der Waals surface area contributed by atoms with E-state index in [1.54, 1.807) is 11.8 Å². The van der Waals surface area contributed by atoms with E-state index in [2.05, 4.69) is 20.8 Å². The molecule has 110 valence electrons. The van der Waals surface area contributed by atoms with Crippen molar-refractivity contribution in [2.75, 3.05) is 5.75 Å². The number of thioether (sulfide) groups is 1. The minimum atomic E-state index is -1.01. The Bertz CT molecular complexity index is 488. The normalized spacial score (nSPS) is 15.8. The summed E-state index contributed by atoms with van der Waals surface area (Å²) >= 11 is 1.57. The van der Waals surface area contributed by atoms with Crippen molar-refractivity contribution in [3.05, 3.63) is 5.82 Å². The highest BCUT2D eigenvalue weighted by Crippen LogP contribution is 2.34. The third-order valence-corrected chi connectivity index (χ3v) is 3.90. The van der Waals surface area contributed by atoms with Gasteiger partial charge in [0.05, 0.1) is 11.8 Å². The van der Waals surface area contributed by atoms with Crippen LogP contribution in [0.1, 0.15) is 38.1 Å². The van der Waals surface area contributed by atoms with Crippen LogP contribution in [0, 0.1) is 0 Å².